The van der Waals surface area contributed by atoms with Crippen LogP contribution in [0.3, 0.4) is 0 Å². The maximum absolute atomic E-state index is 6.03. The first-order valence-electron chi connectivity index (χ1n) is 4.67. The topological polar surface area (TPSA) is 24.9 Å². The van der Waals surface area contributed by atoms with E-state index in [-0.39, 0.29) is 0 Å². The largest absolute Gasteiger partial charge is 0.307 e. The molecule has 0 unspecified atom stereocenters. The first-order valence-corrected chi connectivity index (χ1v) is 5.99. The van der Waals surface area contributed by atoms with Crippen LogP contribution in [0, 0.1) is 0 Å². The van der Waals surface area contributed by atoms with Crippen LogP contribution in [-0.4, -0.2) is 4.98 Å². The van der Waals surface area contributed by atoms with Crippen molar-refractivity contribution in [1.82, 2.24) is 10.3 Å². The third-order valence-corrected chi connectivity index (χ3v) is 3.07. The number of hydrogen-bond donors (Lipinski definition) is 1. The van der Waals surface area contributed by atoms with E-state index < -0.39 is 0 Å². The Hall–Kier alpha value is -0.900. The Kier molecular flexibility index (Phi) is 3.72. The molecule has 1 aromatic heterocycles. The summed E-state index contributed by atoms with van der Waals surface area (Å²) >= 11 is 7.64. The Morgan fingerprint density at radius 1 is 1.27 bits per heavy atom. The molecule has 0 radical (unpaired) electrons. The molecule has 0 amide bonds. The summed E-state index contributed by atoms with van der Waals surface area (Å²) in [6.45, 7) is 1.56. The van der Waals surface area contributed by atoms with Gasteiger partial charge in [-0.25, -0.2) is 4.98 Å². The van der Waals surface area contributed by atoms with Crippen molar-refractivity contribution in [3.63, 3.8) is 0 Å². The molecule has 0 aliphatic heterocycles. The van der Waals surface area contributed by atoms with Gasteiger partial charge >= 0.3 is 0 Å². The summed E-state index contributed by atoms with van der Waals surface area (Å²) in [5.41, 5.74) is 4.04. The molecule has 0 aliphatic rings. The fourth-order valence-electron chi connectivity index (χ4n) is 1.29. The molecule has 0 saturated heterocycles. The lowest BCUT2D eigenvalue weighted by molar-refractivity contribution is 0.683. The molecule has 0 fully saturated rings. The van der Waals surface area contributed by atoms with Gasteiger partial charge in [-0.05, 0) is 11.6 Å². The maximum atomic E-state index is 6.03. The van der Waals surface area contributed by atoms with Crippen LogP contribution in [0.5, 0.6) is 0 Å². The first kappa shape index (κ1) is 10.6. The van der Waals surface area contributed by atoms with E-state index in [4.69, 9.17) is 11.6 Å². The summed E-state index contributed by atoms with van der Waals surface area (Å²) in [4.78, 5) is 4.19. The normalized spacial score (nSPS) is 10.5. The first-order chi connectivity index (χ1) is 7.36. The van der Waals surface area contributed by atoms with Crippen LogP contribution in [-0.2, 0) is 13.1 Å². The van der Waals surface area contributed by atoms with E-state index in [0.717, 1.165) is 29.4 Å². The highest BCUT2D eigenvalue weighted by atomic mass is 35.5. The molecule has 0 spiro atoms. The maximum Gasteiger partial charge on any atom is 0.0795 e. The van der Waals surface area contributed by atoms with Crippen LogP contribution in [0.25, 0.3) is 0 Å². The highest BCUT2D eigenvalue weighted by Gasteiger charge is 1.98. The zero-order valence-corrected chi connectivity index (χ0v) is 9.68. The highest BCUT2D eigenvalue weighted by Crippen LogP contribution is 2.14. The van der Waals surface area contributed by atoms with Crippen LogP contribution in [0.15, 0.2) is 35.2 Å². The average Bonchev–Trinajstić information content (AvgIpc) is 2.74. The quantitative estimate of drug-likeness (QED) is 0.886. The summed E-state index contributed by atoms with van der Waals surface area (Å²) in [5, 5.41) is 6.15. The molecule has 2 rings (SSSR count). The van der Waals surface area contributed by atoms with Crippen molar-refractivity contribution in [2.24, 2.45) is 0 Å². The number of benzene rings is 1. The van der Waals surface area contributed by atoms with Gasteiger partial charge in [-0.2, -0.15) is 0 Å². The molecule has 2 nitrogen and oxygen atoms in total. The molecule has 0 atom stereocenters. The number of rotatable bonds is 4. The van der Waals surface area contributed by atoms with Gasteiger partial charge < -0.3 is 5.32 Å². The number of thiazole rings is 1. The second kappa shape index (κ2) is 5.26. The van der Waals surface area contributed by atoms with Crippen molar-refractivity contribution in [2.75, 3.05) is 0 Å². The SMILES string of the molecule is Clc1ccccc1CNCc1cscn1. The third kappa shape index (κ3) is 3.02. The zero-order chi connectivity index (χ0) is 10.5. The molecule has 0 aliphatic carbocycles. The van der Waals surface area contributed by atoms with Crippen molar-refractivity contribution in [3.05, 3.63) is 51.4 Å². The number of halogens is 1. The standard InChI is InChI=1S/C11H11ClN2S/c12-11-4-2-1-3-9(11)5-13-6-10-7-15-8-14-10/h1-4,7-8,13H,5-6H2. The predicted octanol–water partition coefficient (Wildman–Crippen LogP) is 3.09. The van der Waals surface area contributed by atoms with Crippen LogP contribution in [0.2, 0.25) is 5.02 Å². The van der Waals surface area contributed by atoms with Gasteiger partial charge in [-0.1, -0.05) is 29.8 Å². The lowest BCUT2D eigenvalue weighted by Crippen LogP contribution is -2.13. The van der Waals surface area contributed by atoms with Crippen molar-refractivity contribution in [1.29, 1.82) is 0 Å². The second-order valence-corrected chi connectivity index (χ2v) is 4.30. The number of aromatic nitrogens is 1. The lowest BCUT2D eigenvalue weighted by atomic mass is 10.2. The van der Waals surface area contributed by atoms with Gasteiger partial charge in [0, 0.05) is 23.5 Å². The lowest BCUT2D eigenvalue weighted by Gasteiger charge is -2.04. The Morgan fingerprint density at radius 2 is 2.13 bits per heavy atom. The number of nitrogens with one attached hydrogen (secondary N) is 1. The minimum absolute atomic E-state index is 0.775. The molecule has 0 bridgehead atoms. The molecule has 78 valence electrons. The highest BCUT2D eigenvalue weighted by molar-refractivity contribution is 7.07. The molecule has 2 aromatic rings. The molecule has 1 N–H and O–H groups in total. The van der Waals surface area contributed by atoms with E-state index in [1.165, 1.54) is 0 Å². The Bertz CT molecular complexity index is 414. The van der Waals surface area contributed by atoms with Crippen LogP contribution >= 0.6 is 22.9 Å². The summed E-state index contributed by atoms with van der Waals surface area (Å²) < 4.78 is 0. The molecule has 1 heterocycles. The number of hydrogen-bond acceptors (Lipinski definition) is 3. The summed E-state index contributed by atoms with van der Waals surface area (Å²) in [6, 6.07) is 7.86. The molecule has 4 heteroatoms. The van der Waals surface area contributed by atoms with E-state index in [9.17, 15) is 0 Å². The zero-order valence-electron chi connectivity index (χ0n) is 8.11. The molecular formula is C11H11ClN2S. The Labute approximate surface area is 97.9 Å². The van der Waals surface area contributed by atoms with Gasteiger partial charge in [0.05, 0.1) is 11.2 Å². The van der Waals surface area contributed by atoms with E-state index >= 15 is 0 Å². The molecular weight excluding hydrogens is 228 g/mol. The van der Waals surface area contributed by atoms with Gasteiger partial charge in [-0.15, -0.1) is 11.3 Å². The third-order valence-electron chi connectivity index (χ3n) is 2.06. The molecule has 15 heavy (non-hydrogen) atoms. The second-order valence-electron chi connectivity index (χ2n) is 3.17. The van der Waals surface area contributed by atoms with E-state index in [1.807, 2.05) is 35.2 Å². The average molecular weight is 239 g/mol. The summed E-state index contributed by atoms with van der Waals surface area (Å²) in [7, 11) is 0. The van der Waals surface area contributed by atoms with Gasteiger partial charge in [0.25, 0.3) is 0 Å². The summed E-state index contributed by atoms with van der Waals surface area (Å²) in [5.74, 6) is 0. The molecule has 0 saturated carbocycles. The number of nitrogens with zero attached hydrogens (tertiary/aromatic N) is 1. The van der Waals surface area contributed by atoms with Crippen LogP contribution in [0.1, 0.15) is 11.3 Å². The van der Waals surface area contributed by atoms with Crippen LogP contribution in [0.4, 0.5) is 0 Å². The van der Waals surface area contributed by atoms with E-state index in [0.29, 0.717) is 0 Å². The van der Waals surface area contributed by atoms with Crippen molar-refractivity contribution in [2.45, 2.75) is 13.1 Å². The van der Waals surface area contributed by atoms with Gasteiger partial charge in [0.15, 0.2) is 0 Å². The summed E-state index contributed by atoms with van der Waals surface area (Å²) in [6.07, 6.45) is 0. The van der Waals surface area contributed by atoms with Crippen molar-refractivity contribution < 1.29 is 0 Å². The smallest absolute Gasteiger partial charge is 0.0795 e. The van der Waals surface area contributed by atoms with E-state index in [2.05, 4.69) is 10.3 Å². The fraction of sp³-hybridized carbons (Fsp3) is 0.182. The monoisotopic (exact) mass is 238 g/mol. The van der Waals surface area contributed by atoms with Gasteiger partial charge in [-0.3, -0.25) is 0 Å². The fourth-order valence-corrected chi connectivity index (χ4v) is 2.05. The minimum Gasteiger partial charge on any atom is -0.307 e. The van der Waals surface area contributed by atoms with Crippen molar-refractivity contribution in [3.8, 4) is 0 Å². The molecule has 1 aromatic carbocycles. The predicted molar refractivity (Wildman–Crippen MR) is 64.1 cm³/mol. The van der Waals surface area contributed by atoms with Crippen molar-refractivity contribution >= 4 is 22.9 Å². The van der Waals surface area contributed by atoms with Gasteiger partial charge in [0.1, 0.15) is 0 Å². The Balaban J connectivity index is 1.86. The Morgan fingerprint density at radius 3 is 2.87 bits per heavy atom. The minimum atomic E-state index is 0.775. The van der Waals surface area contributed by atoms with Crippen LogP contribution < -0.4 is 5.32 Å². The van der Waals surface area contributed by atoms with Gasteiger partial charge in [0.2, 0.25) is 0 Å². The van der Waals surface area contributed by atoms with E-state index in [1.54, 1.807) is 11.3 Å².